The van der Waals surface area contributed by atoms with Gasteiger partial charge in [-0.1, -0.05) is 0 Å². The maximum atomic E-state index is 8.75. The van der Waals surface area contributed by atoms with Gasteiger partial charge in [0.1, 0.15) is 0 Å². The first-order valence-electron chi connectivity index (χ1n) is 3.20. The zero-order valence-corrected chi connectivity index (χ0v) is 6.73. The molecule has 0 aliphatic heterocycles. The van der Waals surface area contributed by atoms with Crippen molar-refractivity contribution in [1.29, 1.82) is 0 Å². The first-order chi connectivity index (χ1) is 6.04. The van der Waals surface area contributed by atoms with Crippen molar-refractivity contribution >= 4 is 0 Å². The molecule has 0 atom stereocenters. The van der Waals surface area contributed by atoms with Crippen LogP contribution in [0.2, 0.25) is 0 Å². The van der Waals surface area contributed by atoms with Gasteiger partial charge < -0.3 is 25.5 Å². The quantitative estimate of drug-likeness (QED) is 0.236. The van der Waals surface area contributed by atoms with E-state index in [9.17, 15) is 0 Å². The largest absolute Gasteiger partial charge is 0.504 e. The van der Waals surface area contributed by atoms with E-state index in [1.807, 2.05) is 0 Å². The summed E-state index contributed by atoms with van der Waals surface area (Å²) in [6, 6.07) is 0.713. The second kappa shape index (κ2) is 4.10. The lowest BCUT2D eigenvalue weighted by atomic mass is 10.2. The van der Waals surface area contributed by atoms with Crippen LogP contribution >= 0.6 is 0 Å². The molecule has 0 heterocycles. The van der Waals surface area contributed by atoms with Crippen LogP contribution in [0, 0.1) is 0 Å². The number of rotatable bonds is 0. The predicted molar refractivity (Wildman–Crippen MR) is 46.0 cm³/mol. The van der Waals surface area contributed by atoms with Crippen LogP contribution in [0.3, 0.4) is 0 Å². The molecule has 1 aromatic rings. The van der Waals surface area contributed by atoms with Gasteiger partial charge in [0, 0.05) is 6.07 Å². The van der Waals surface area contributed by atoms with Crippen molar-refractivity contribution in [3.8, 4) is 28.7 Å². The van der Waals surface area contributed by atoms with Crippen molar-refractivity contribution < 1.29 is 25.5 Å². The van der Waals surface area contributed by atoms with E-state index in [1.54, 1.807) is 0 Å². The van der Waals surface area contributed by atoms with Crippen molar-refractivity contribution in [2.75, 3.05) is 0 Å². The van der Waals surface area contributed by atoms with Crippen molar-refractivity contribution in [3.63, 3.8) is 0 Å². The fourth-order valence-corrected chi connectivity index (χ4v) is 0.621. The van der Waals surface area contributed by atoms with Gasteiger partial charge in [-0.15, -0.1) is 13.2 Å². The van der Waals surface area contributed by atoms with Crippen LogP contribution < -0.4 is 0 Å². The fraction of sp³-hybridized carbons (Fsp3) is 0. The van der Waals surface area contributed by atoms with Crippen molar-refractivity contribution in [2.24, 2.45) is 0 Å². The van der Waals surface area contributed by atoms with Gasteiger partial charge in [-0.2, -0.15) is 0 Å². The Kier molecular flexibility index (Phi) is 3.46. The summed E-state index contributed by atoms with van der Waals surface area (Å²) in [6.45, 7) is 6.00. The minimum atomic E-state index is -0.942. The molecule has 1 aromatic carbocycles. The van der Waals surface area contributed by atoms with E-state index >= 15 is 0 Å². The molecule has 0 aliphatic rings. The number of hydrogen-bond acceptors (Lipinski definition) is 5. The summed E-state index contributed by atoms with van der Waals surface area (Å²) in [5.41, 5.74) is 0. The fourth-order valence-electron chi connectivity index (χ4n) is 0.621. The lowest BCUT2D eigenvalue weighted by Gasteiger charge is -2.03. The average Bonchev–Trinajstić information content (AvgIpc) is 2.15. The van der Waals surface area contributed by atoms with E-state index < -0.39 is 28.7 Å². The summed E-state index contributed by atoms with van der Waals surface area (Å²) in [7, 11) is 0. The van der Waals surface area contributed by atoms with Crippen LogP contribution in [0.15, 0.2) is 19.2 Å². The summed E-state index contributed by atoms with van der Waals surface area (Å²) in [6.07, 6.45) is 0. The first-order valence-corrected chi connectivity index (χ1v) is 3.20. The lowest BCUT2D eigenvalue weighted by Crippen LogP contribution is -1.74. The summed E-state index contributed by atoms with van der Waals surface area (Å²) in [5, 5.41) is 43.7. The van der Waals surface area contributed by atoms with Crippen molar-refractivity contribution in [3.05, 3.63) is 19.2 Å². The third-order valence-electron chi connectivity index (χ3n) is 1.21. The normalized spacial score (nSPS) is 8.62. The van der Waals surface area contributed by atoms with E-state index in [1.165, 1.54) is 0 Å². The van der Waals surface area contributed by atoms with Crippen LogP contribution in [-0.4, -0.2) is 25.5 Å². The second-order valence-corrected chi connectivity index (χ2v) is 1.96. The van der Waals surface area contributed by atoms with E-state index in [0.29, 0.717) is 6.07 Å². The monoisotopic (exact) mass is 186 g/mol. The highest BCUT2D eigenvalue weighted by Gasteiger charge is 2.14. The van der Waals surface area contributed by atoms with E-state index in [-0.39, 0.29) is 0 Å². The molecule has 13 heavy (non-hydrogen) atoms. The molecular weight excluding hydrogens is 176 g/mol. The molecule has 0 saturated heterocycles. The highest BCUT2D eigenvalue weighted by Crippen LogP contribution is 2.46. The zero-order chi connectivity index (χ0) is 10.6. The SMILES string of the molecule is C=C.Oc1cc(O)c(O)c(O)c1O. The molecule has 0 aliphatic carbocycles. The van der Waals surface area contributed by atoms with E-state index in [4.69, 9.17) is 25.5 Å². The van der Waals surface area contributed by atoms with Gasteiger partial charge in [-0.3, -0.25) is 0 Å². The van der Waals surface area contributed by atoms with Gasteiger partial charge in [-0.25, -0.2) is 0 Å². The Hall–Kier alpha value is -2.04. The zero-order valence-electron chi connectivity index (χ0n) is 6.73. The second-order valence-electron chi connectivity index (χ2n) is 1.96. The van der Waals surface area contributed by atoms with Gasteiger partial charge in [0.05, 0.1) is 0 Å². The number of phenolic OH excluding ortho intramolecular Hbond substituents is 5. The van der Waals surface area contributed by atoms with Gasteiger partial charge >= 0.3 is 0 Å². The molecule has 5 heteroatoms. The van der Waals surface area contributed by atoms with Crippen LogP contribution in [0.4, 0.5) is 0 Å². The molecule has 5 N–H and O–H groups in total. The molecule has 1 rings (SSSR count). The molecule has 72 valence electrons. The van der Waals surface area contributed by atoms with Crippen LogP contribution in [0.5, 0.6) is 28.7 Å². The van der Waals surface area contributed by atoms with Gasteiger partial charge in [0.25, 0.3) is 0 Å². The Morgan fingerprint density at radius 3 is 1.31 bits per heavy atom. The van der Waals surface area contributed by atoms with Gasteiger partial charge in [-0.05, 0) is 0 Å². The molecule has 0 bridgehead atoms. The first kappa shape index (κ1) is 11.0. The molecule has 0 saturated carbocycles. The molecular formula is C8H10O5. The number of hydrogen-bond donors (Lipinski definition) is 5. The molecule has 0 aromatic heterocycles. The third-order valence-corrected chi connectivity index (χ3v) is 1.21. The van der Waals surface area contributed by atoms with Gasteiger partial charge in [0.15, 0.2) is 11.5 Å². The van der Waals surface area contributed by atoms with Crippen LogP contribution in [0.25, 0.3) is 0 Å². The van der Waals surface area contributed by atoms with Crippen molar-refractivity contribution in [2.45, 2.75) is 0 Å². The van der Waals surface area contributed by atoms with Crippen LogP contribution in [0.1, 0.15) is 0 Å². The lowest BCUT2D eigenvalue weighted by molar-refractivity contribution is 0.328. The molecule has 0 spiro atoms. The molecule has 0 amide bonds. The Balaban J connectivity index is 0.000000671. The van der Waals surface area contributed by atoms with Crippen LogP contribution in [-0.2, 0) is 0 Å². The maximum absolute atomic E-state index is 8.75. The maximum Gasteiger partial charge on any atom is 0.208 e. The number of benzene rings is 1. The minimum absolute atomic E-state index is 0.696. The summed E-state index contributed by atoms with van der Waals surface area (Å²) in [4.78, 5) is 0. The Labute approximate surface area is 74.4 Å². The minimum Gasteiger partial charge on any atom is -0.504 e. The topological polar surface area (TPSA) is 101 Å². The molecule has 0 unspecified atom stereocenters. The third kappa shape index (κ3) is 1.96. The Morgan fingerprint density at radius 1 is 0.692 bits per heavy atom. The number of aromatic hydroxyl groups is 5. The number of phenols is 5. The molecule has 0 radical (unpaired) electrons. The average molecular weight is 186 g/mol. The summed E-state index contributed by atoms with van der Waals surface area (Å²) in [5.74, 6) is -4.06. The Morgan fingerprint density at radius 2 is 1.00 bits per heavy atom. The predicted octanol–water partition coefficient (Wildman–Crippen LogP) is 1.02. The Bertz CT molecular complexity index is 282. The van der Waals surface area contributed by atoms with E-state index in [0.717, 1.165) is 0 Å². The summed E-state index contributed by atoms with van der Waals surface area (Å²) >= 11 is 0. The highest BCUT2D eigenvalue weighted by molar-refractivity contribution is 5.62. The molecule has 5 nitrogen and oxygen atoms in total. The smallest absolute Gasteiger partial charge is 0.208 e. The molecule has 0 fully saturated rings. The summed E-state index contributed by atoms with van der Waals surface area (Å²) < 4.78 is 0. The standard InChI is InChI=1S/C6H6O5.C2H4/c7-2-1-3(8)5(10)6(11)4(2)9;1-2/h1,7-11H;1-2H2. The van der Waals surface area contributed by atoms with Gasteiger partial charge in [0.2, 0.25) is 17.2 Å². The van der Waals surface area contributed by atoms with E-state index in [2.05, 4.69) is 13.2 Å². The highest BCUT2D eigenvalue weighted by atomic mass is 16.4. The van der Waals surface area contributed by atoms with Crippen molar-refractivity contribution in [1.82, 2.24) is 0 Å².